The largest absolute Gasteiger partial charge is 0.506 e. The molecule has 3 N–H and O–H groups in total. The lowest BCUT2D eigenvalue weighted by Gasteiger charge is -2.34. The van der Waals surface area contributed by atoms with Crippen LogP contribution in [0.5, 0.6) is 5.75 Å². The average Bonchev–Trinajstić information content (AvgIpc) is 2.45. The molecule has 0 spiro atoms. The summed E-state index contributed by atoms with van der Waals surface area (Å²) in [6.07, 6.45) is 1.51. The Bertz CT molecular complexity index is 446. The summed E-state index contributed by atoms with van der Waals surface area (Å²) in [7, 11) is 0. The minimum absolute atomic E-state index is 0. The SMILES string of the molecule is Cc1ncc(CO)c([C@H](CF)N2CCNCC2)c1O.Cl.Cl. The van der Waals surface area contributed by atoms with Gasteiger partial charge in [0, 0.05) is 43.5 Å². The zero-order chi connectivity index (χ0) is 13.8. The average molecular weight is 342 g/mol. The van der Waals surface area contributed by atoms with Gasteiger partial charge in [0.2, 0.25) is 0 Å². The summed E-state index contributed by atoms with van der Waals surface area (Å²) in [5.74, 6) is -0.00673. The number of hydrogen-bond donors (Lipinski definition) is 3. The molecule has 8 heteroatoms. The number of rotatable bonds is 4. The van der Waals surface area contributed by atoms with Gasteiger partial charge in [-0.1, -0.05) is 0 Å². The van der Waals surface area contributed by atoms with Crippen LogP contribution in [-0.4, -0.2) is 53.0 Å². The van der Waals surface area contributed by atoms with Crippen LogP contribution < -0.4 is 5.32 Å². The number of pyridine rings is 1. The van der Waals surface area contributed by atoms with Crippen LogP contribution in [0.1, 0.15) is 22.9 Å². The summed E-state index contributed by atoms with van der Waals surface area (Å²) < 4.78 is 13.5. The van der Waals surface area contributed by atoms with Gasteiger partial charge in [0.25, 0.3) is 0 Å². The van der Waals surface area contributed by atoms with Crippen LogP contribution in [-0.2, 0) is 6.61 Å². The number of alkyl halides is 1. The standard InChI is InChI=1S/C13H20FN3O2.2ClH/c1-9-13(19)12(10(8-18)7-16-9)11(6-14)17-4-2-15-3-5-17;;/h7,11,15,18-19H,2-6,8H2,1H3;2*1H/t11-;;/m0../s1. The molecule has 1 aromatic rings. The van der Waals surface area contributed by atoms with Gasteiger partial charge >= 0.3 is 0 Å². The molecule has 0 bridgehead atoms. The summed E-state index contributed by atoms with van der Waals surface area (Å²) >= 11 is 0. The second-order valence-corrected chi connectivity index (χ2v) is 4.75. The third kappa shape index (κ3) is 4.40. The zero-order valence-corrected chi connectivity index (χ0v) is 13.5. The lowest BCUT2D eigenvalue weighted by atomic mass is 9.99. The Hall–Kier alpha value is -0.660. The van der Waals surface area contributed by atoms with Gasteiger partial charge in [0.1, 0.15) is 12.4 Å². The zero-order valence-electron chi connectivity index (χ0n) is 11.9. The van der Waals surface area contributed by atoms with E-state index in [1.165, 1.54) is 6.20 Å². The number of aryl methyl sites for hydroxylation is 1. The highest BCUT2D eigenvalue weighted by molar-refractivity contribution is 5.85. The van der Waals surface area contributed by atoms with E-state index in [0.29, 0.717) is 16.8 Å². The van der Waals surface area contributed by atoms with Gasteiger partial charge in [0.15, 0.2) is 0 Å². The minimum Gasteiger partial charge on any atom is -0.506 e. The normalized spacial score (nSPS) is 16.7. The molecule has 2 heterocycles. The molecule has 21 heavy (non-hydrogen) atoms. The fourth-order valence-corrected chi connectivity index (χ4v) is 2.50. The van der Waals surface area contributed by atoms with Crippen molar-refractivity contribution in [2.45, 2.75) is 19.6 Å². The van der Waals surface area contributed by atoms with Crippen molar-refractivity contribution < 1.29 is 14.6 Å². The first kappa shape index (κ1) is 20.3. The fourth-order valence-electron chi connectivity index (χ4n) is 2.50. The first-order chi connectivity index (χ1) is 9.19. The van der Waals surface area contributed by atoms with Gasteiger partial charge < -0.3 is 15.5 Å². The van der Waals surface area contributed by atoms with E-state index in [1.807, 2.05) is 4.90 Å². The molecule has 0 amide bonds. The molecule has 0 aliphatic carbocycles. The van der Waals surface area contributed by atoms with Crippen LogP contribution in [0.4, 0.5) is 4.39 Å². The van der Waals surface area contributed by atoms with Crippen LogP contribution in [0.15, 0.2) is 6.20 Å². The van der Waals surface area contributed by atoms with Crippen LogP contribution in [0.25, 0.3) is 0 Å². The molecule has 2 rings (SSSR count). The lowest BCUT2D eigenvalue weighted by molar-refractivity contribution is 0.142. The summed E-state index contributed by atoms with van der Waals surface area (Å²) in [5.41, 5.74) is 1.42. The van der Waals surface area contributed by atoms with Crippen molar-refractivity contribution in [1.29, 1.82) is 0 Å². The van der Waals surface area contributed by atoms with Crippen molar-refractivity contribution in [3.8, 4) is 5.75 Å². The molecular weight excluding hydrogens is 320 g/mol. The van der Waals surface area contributed by atoms with Crippen molar-refractivity contribution in [1.82, 2.24) is 15.2 Å². The maximum Gasteiger partial charge on any atom is 0.142 e. The van der Waals surface area contributed by atoms with Crippen LogP contribution >= 0.6 is 24.8 Å². The molecule has 0 radical (unpaired) electrons. The van der Waals surface area contributed by atoms with Crippen molar-refractivity contribution in [3.63, 3.8) is 0 Å². The smallest absolute Gasteiger partial charge is 0.142 e. The first-order valence-electron chi connectivity index (χ1n) is 6.48. The van der Waals surface area contributed by atoms with Gasteiger partial charge in [-0.15, -0.1) is 24.8 Å². The van der Waals surface area contributed by atoms with E-state index in [-0.39, 0.29) is 37.2 Å². The highest BCUT2D eigenvalue weighted by Gasteiger charge is 2.27. The van der Waals surface area contributed by atoms with Crippen molar-refractivity contribution in [2.24, 2.45) is 0 Å². The summed E-state index contributed by atoms with van der Waals surface area (Å²) in [6, 6.07) is -0.522. The second-order valence-electron chi connectivity index (χ2n) is 4.75. The Morgan fingerprint density at radius 3 is 2.52 bits per heavy atom. The number of aromatic nitrogens is 1. The predicted molar refractivity (Wildman–Crippen MR) is 84.2 cm³/mol. The van der Waals surface area contributed by atoms with E-state index < -0.39 is 12.7 Å². The van der Waals surface area contributed by atoms with Crippen LogP contribution in [0, 0.1) is 6.92 Å². The van der Waals surface area contributed by atoms with E-state index in [1.54, 1.807) is 6.92 Å². The fraction of sp³-hybridized carbons (Fsp3) is 0.615. The quantitative estimate of drug-likeness (QED) is 0.771. The Morgan fingerprint density at radius 1 is 1.38 bits per heavy atom. The third-order valence-corrected chi connectivity index (χ3v) is 3.60. The highest BCUT2D eigenvalue weighted by Crippen LogP contribution is 2.33. The van der Waals surface area contributed by atoms with E-state index in [2.05, 4.69) is 10.3 Å². The van der Waals surface area contributed by atoms with E-state index in [9.17, 15) is 14.6 Å². The molecule has 1 atom stereocenters. The topological polar surface area (TPSA) is 68.6 Å². The van der Waals surface area contributed by atoms with Gasteiger partial charge in [-0.05, 0) is 6.92 Å². The Kier molecular flexibility index (Phi) is 9.08. The number of aliphatic hydroxyl groups excluding tert-OH is 1. The van der Waals surface area contributed by atoms with Gasteiger partial charge in [0.05, 0.1) is 18.3 Å². The van der Waals surface area contributed by atoms with Crippen molar-refractivity contribution in [2.75, 3.05) is 32.9 Å². The number of nitrogens with zero attached hydrogens (tertiary/aromatic N) is 2. The third-order valence-electron chi connectivity index (χ3n) is 3.60. The number of aromatic hydroxyl groups is 1. The molecule has 1 aromatic heterocycles. The molecule has 0 unspecified atom stereocenters. The van der Waals surface area contributed by atoms with Crippen molar-refractivity contribution >= 4 is 24.8 Å². The number of hydrogen-bond acceptors (Lipinski definition) is 5. The van der Waals surface area contributed by atoms with E-state index in [0.717, 1.165) is 26.2 Å². The van der Waals surface area contributed by atoms with Gasteiger partial charge in [-0.2, -0.15) is 0 Å². The molecule has 1 aliphatic heterocycles. The van der Waals surface area contributed by atoms with Crippen molar-refractivity contribution in [3.05, 3.63) is 23.0 Å². The Balaban J connectivity index is 0.00000200. The number of piperazine rings is 1. The number of aliphatic hydroxyl groups is 1. The molecule has 5 nitrogen and oxygen atoms in total. The molecular formula is C13H22Cl2FN3O2. The number of halogens is 3. The second kappa shape index (κ2) is 9.38. The monoisotopic (exact) mass is 341 g/mol. The van der Waals surface area contributed by atoms with Gasteiger partial charge in [-0.3, -0.25) is 9.88 Å². The maximum absolute atomic E-state index is 13.5. The van der Waals surface area contributed by atoms with Gasteiger partial charge in [-0.25, -0.2) is 4.39 Å². The summed E-state index contributed by atoms with van der Waals surface area (Å²) in [4.78, 5) is 6.00. The summed E-state index contributed by atoms with van der Waals surface area (Å²) in [6.45, 7) is 3.88. The molecule has 1 saturated heterocycles. The van der Waals surface area contributed by atoms with E-state index >= 15 is 0 Å². The summed E-state index contributed by atoms with van der Waals surface area (Å²) in [5, 5.41) is 22.7. The minimum atomic E-state index is -0.593. The Morgan fingerprint density at radius 2 is 2.00 bits per heavy atom. The highest BCUT2D eigenvalue weighted by atomic mass is 35.5. The first-order valence-corrected chi connectivity index (χ1v) is 6.48. The molecule has 0 saturated carbocycles. The molecule has 1 fully saturated rings. The number of nitrogens with one attached hydrogen (secondary N) is 1. The predicted octanol–water partition coefficient (Wildman–Crippen LogP) is 1.35. The Labute approximate surface area is 136 Å². The van der Waals surface area contributed by atoms with Crippen LogP contribution in [0.3, 0.4) is 0 Å². The van der Waals surface area contributed by atoms with Crippen LogP contribution in [0.2, 0.25) is 0 Å². The maximum atomic E-state index is 13.5. The lowest BCUT2D eigenvalue weighted by Crippen LogP contribution is -2.46. The van der Waals surface area contributed by atoms with E-state index in [4.69, 9.17) is 0 Å². The molecule has 0 aromatic carbocycles. The molecule has 1 aliphatic rings. The molecule has 122 valence electrons.